The van der Waals surface area contributed by atoms with Crippen molar-refractivity contribution in [1.82, 2.24) is 19.4 Å². The minimum absolute atomic E-state index is 0.00303. The number of anilines is 3. The maximum Gasteiger partial charge on any atom is 0.338 e. The third-order valence-corrected chi connectivity index (χ3v) is 19.2. The lowest BCUT2D eigenvalue weighted by Gasteiger charge is -2.41. The van der Waals surface area contributed by atoms with Crippen LogP contribution >= 0.6 is 46.4 Å². The second-order valence-corrected chi connectivity index (χ2v) is 25.4. The van der Waals surface area contributed by atoms with Gasteiger partial charge in [-0.2, -0.15) is 0 Å². The van der Waals surface area contributed by atoms with E-state index in [1.54, 1.807) is 60.7 Å². The molecule has 3 saturated heterocycles. The fraction of sp³-hybridized carbons (Fsp3) is 0.344. The molecular formula is C64H58Cl4F2N8O9. The van der Waals surface area contributed by atoms with Crippen LogP contribution in [0, 0.1) is 39.5 Å². The number of esters is 2. The number of hydrogen-bond acceptors (Lipinski definition) is 12. The Balaban J connectivity index is 0.000000170. The van der Waals surface area contributed by atoms with Crippen LogP contribution in [0.4, 0.5) is 31.5 Å². The number of benzene rings is 6. The van der Waals surface area contributed by atoms with Gasteiger partial charge >= 0.3 is 11.9 Å². The SMILES string of the molecule is COC(=O)c1ccc(N2CC[C@H]3[C@@H](C2=O)[C@H](c2cccc(Cl)c2F)[C@]2(C(=O)Nc4cc(Cl)ccc42)N3CC(C)C)c([N+](=O)[O-])c1.COC(=O)c1ccc2c(c1)nc1n2CC[C@H]2[C@@H]1[C@H](c1cccc(Cl)c1F)[C@]1(C(=O)Nc3cc(Cl)ccc31)N2CC(C)C. The minimum atomic E-state index is -1.52. The lowest BCUT2D eigenvalue weighted by atomic mass is 9.70. The number of ether oxygens (including phenoxy) is 2. The summed E-state index contributed by atoms with van der Waals surface area (Å²) in [6, 6.07) is 28.4. The Morgan fingerprint density at radius 3 is 1.69 bits per heavy atom. The van der Waals surface area contributed by atoms with Crippen LogP contribution in [0.1, 0.15) is 107 Å². The number of fused-ring (bicyclic) bond motifs is 10. The number of nitrogens with one attached hydrogen (secondary N) is 2. The van der Waals surface area contributed by atoms with Crippen LogP contribution < -0.4 is 15.5 Å². The molecule has 0 bridgehead atoms. The molecule has 17 nitrogen and oxygen atoms in total. The van der Waals surface area contributed by atoms with Gasteiger partial charge in [-0.3, -0.25) is 34.3 Å². The standard InChI is InChI=1S/C32H29Cl2FN4O6.C32H29Cl2FN4O3/c1-16(2)15-38-24-11-12-37(23-10-7-17(30(41)45-3)13-25(23)39(43)44)29(40)26(24)27(19-5-4-6-21(34)28(19)35)32(38)20-9-8-18(33)14-22(20)36-31(32)42;1-16(2)15-39-25-11-12-38-24-10-7-17(30(40)42-3)13-23(24)36-29(38)26(25)27(19-5-4-6-21(34)28(19)35)32(39)20-9-8-18(33)14-22(20)37-31(32)41/h4-10,13-14,16,24,26-27H,11-12,15H2,1-3H3,(H,36,42);4-10,13-14,16,25-27H,11-12,15H2,1-3H3,(H,37,41)/t24-,26+,27-,32+;25-,26+,27-,32+/m00/s1. The number of carbonyl (C=O) groups excluding carboxylic acids is 5. The lowest BCUT2D eigenvalue weighted by Crippen LogP contribution is -2.54. The number of aromatic nitrogens is 2. The molecule has 0 unspecified atom stereocenters. The summed E-state index contributed by atoms with van der Waals surface area (Å²) in [5, 5.41) is 19.0. The van der Waals surface area contributed by atoms with E-state index in [9.17, 15) is 34.1 Å². The topological polar surface area (TPSA) is 199 Å². The number of imidazole rings is 1. The molecule has 2 N–H and O–H groups in total. The first-order chi connectivity index (χ1) is 41.6. The van der Waals surface area contributed by atoms with E-state index >= 15 is 8.78 Å². The van der Waals surface area contributed by atoms with Crippen molar-refractivity contribution in [1.29, 1.82) is 0 Å². The van der Waals surface area contributed by atoms with Crippen LogP contribution in [0.3, 0.4) is 0 Å². The number of hydrogen-bond donors (Lipinski definition) is 2. The highest BCUT2D eigenvalue weighted by Crippen LogP contribution is 2.65. The molecule has 6 aliphatic rings. The molecule has 23 heteroatoms. The molecule has 1 aromatic heterocycles. The van der Waals surface area contributed by atoms with Gasteiger partial charge in [0.15, 0.2) is 0 Å². The normalized spacial score (nSPS) is 24.4. The van der Waals surface area contributed by atoms with E-state index in [0.29, 0.717) is 69.7 Å². The molecule has 0 aliphatic carbocycles. The van der Waals surface area contributed by atoms with E-state index < -0.39 is 80.9 Å². The van der Waals surface area contributed by atoms with Gasteiger partial charge in [-0.1, -0.05) is 110 Å². The molecule has 8 atom stereocenters. The maximum absolute atomic E-state index is 16.2. The molecule has 7 aromatic rings. The predicted molar refractivity (Wildman–Crippen MR) is 326 cm³/mol. The largest absolute Gasteiger partial charge is 0.465 e. The van der Waals surface area contributed by atoms with Gasteiger partial charge in [-0.25, -0.2) is 23.4 Å². The molecule has 3 amide bonds. The second kappa shape index (κ2) is 22.6. The van der Waals surface area contributed by atoms with E-state index in [2.05, 4.69) is 33.9 Å². The van der Waals surface area contributed by atoms with Gasteiger partial charge in [-0.15, -0.1) is 0 Å². The van der Waals surface area contributed by atoms with Crippen molar-refractivity contribution in [3.63, 3.8) is 0 Å². The highest BCUT2D eigenvalue weighted by molar-refractivity contribution is 6.32. The van der Waals surface area contributed by atoms with E-state index in [4.69, 9.17) is 60.9 Å². The van der Waals surface area contributed by atoms with Crippen LogP contribution in [0.2, 0.25) is 20.1 Å². The minimum Gasteiger partial charge on any atom is -0.465 e. The Bertz CT molecular complexity index is 4070. The summed E-state index contributed by atoms with van der Waals surface area (Å²) < 4.78 is 44.1. The number of aryl methyl sites for hydroxylation is 1. The molecule has 6 aromatic carbocycles. The number of nitrogens with zero attached hydrogens (tertiary/aromatic N) is 6. The van der Waals surface area contributed by atoms with Gasteiger partial charge in [0.05, 0.1) is 57.3 Å². The molecule has 87 heavy (non-hydrogen) atoms. The fourth-order valence-electron chi connectivity index (χ4n) is 15.1. The third-order valence-electron chi connectivity index (χ3n) is 18.1. The van der Waals surface area contributed by atoms with Crippen LogP contribution in [0.15, 0.2) is 109 Å². The monoisotopic (exact) mass is 1260 g/mol. The molecule has 13 rings (SSSR count). The van der Waals surface area contributed by atoms with Crippen LogP contribution in [0.25, 0.3) is 11.0 Å². The number of likely N-dealkylation sites (tertiary alicyclic amines) is 2. The summed E-state index contributed by atoms with van der Waals surface area (Å²) in [5.74, 6) is -5.69. The van der Waals surface area contributed by atoms with E-state index in [1.807, 2.05) is 30.9 Å². The Morgan fingerprint density at radius 2 is 1.17 bits per heavy atom. The average molecular weight is 1260 g/mol. The fourth-order valence-corrected chi connectivity index (χ4v) is 15.8. The summed E-state index contributed by atoms with van der Waals surface area (Å²) in [7, 11) is 2.51. The van der Waals surface area contributed by atoms with Crippen molar-refractivity contribution < 1.29 is 47.2 Å². The quantitative estimate of drug-likeness (QED) is 0.0747. The number of rotatable bonds is 10. The number of halogens is 6. The molecule has 2 spiro atoms. The Kier molecular flexibility index (Phi) is 15.5. The first-order valence-corrected chi connectivity index (χ1v) is 30.0. The van der Waals surface area contributed by atoms with Gasteiger partial charge < -0.3 is 29.6 Å². The highest BCUT2D eigenvalue weighted by Gasteiger charge is 2.71. The first-order valence-electron chi connectivity index (χ1n) is 28.5. The molecule has 6 aliphatic heterocycles. The smallest absolute Gasteiger partial charge is 0.338 e. The molecule has 0 radical (unpaired) electrons. The molecule has 450 valence electrons. The zero-order chi connectivity index (χ0) is 61.9. The highest BCUT2D eigenvalue weighted by atomic mass is 35.5. The summed E-state index contributed by atoms with van der Waals surface area (Å²) >= 11 is 25.4. The third kappa shape index (κ3) is 9.27. The van der Waals surface area contributed by atoms with Gasteiger partial charge in [-0.05, 0) is 103 Å². The molecular weight excluding hydrogens is 1200 g/mol. The van der Waals surface area contributed by atoms with Gasteiger partial charge in [0.1, 0.15) is 34.2 Å². The predicted octanol–water partition coefficient (Wildman–Crippen LogP) is 12.9. The summed E-state index contributed by atoms with van der Waals surface area (Å²) in [6.07, 6.45) is 1.06. The molecule has 7 heterocycles. The zero-order valence-corrected chi connectivity index (χ0v) is 50.9. The Labute approximate surface area is 518 Å². The van der Waals surface area contributed by atoms with E-state index in [-0.39, 0.29) is 63.1 Å². The van der Waals surface area contributed by atoms with Crippen LogP contribution in [0.5, 0.6) is 0 Å². The molecule has 0 saturated carbocycles. The Hall–Kier alpha value is -7.52. The van der Waals surface area contributed by atoms with Crippen molar-refractivity contribution in [3.05, 3.63) is 190 Å². The number of nitro groups is 1. The van der Waals surface area contributed by atoms with Gasteiger partial charge in [0.2, 0.25) is 17.7 Å². The van der Waals surface area contributed by atoms with Crippen molar-refractivity contribution >= 4 is 110 Å². The number of carbonyl (C=O) groups is 5. The average Bonchev–Trinajstić information content (AvgIpc) is 1.53. The number of piperidine rings is 1. The van der Waals surface area contributed by atoms with Gasteiger partial charge in [0, 0.05) is 94.6 Å². The first kappa shape index (κ1) is 59.8. The summed E-state index contributed by atoms with van der Waals surface area (Å²) in [5.41, 5.74) is 1.55. The second-order valence-electron chi connectivity index (χ2n) is 23.7. The van der Waals surface area contributed by atoms with E-state index in [1.165, 1.54) is 42.3 Å². The lowest BCUT2D eigenvalue weighted by molar-refractivity contribution is -0.384. The zero-order valence-electron chi connectivity index (χ0n) is 47.9. The van der Waals surface area contributed by atoms with Crippen molar-refractivity contribution in [2.75, 3.05) is 49.4 Å². The van der Waals surface area contributed by atoms with Crippen molar-refractivity contribution in [2.45, 2.75) is 88.0 Å². The van der Waals surface area contributed by atoms with E-state index in [0.717, 1.165) is 36.5 Å². The number of amides is 3. The number of methoxy groups -OCH3 is 2. The molecule has 3 fully saturated rings. The Morgan fingerprint density at radius 1 is 0.678 bits per heavy atom. The maximum atomic E-state index is 16.2. The van der Waals surface area contributed by atoms with Gasteiger partial charge in [0.25, 0.3) is 5.69 Å². The summed E-state index contributed by atoms with van der Waals surface area (Å²) in [4.78, 5) is 90.3. The van der Waals surface area contributed by atoms with Crippen molar-refractivity contribution in [3.8, 4) is 0 Å². The number of nitro benzene ring substituents is 1. The van der Waals surface area contributed by atoms with Crippen LogP contribution in [-0.4, -0.2) is 99.9 Å². The van der Waals surface area contributed by atoms with Crippen LogP contribution in [-0.2, 0) is 41.5 Å². The summed E-state index contributed by atoms with van der Waals surface area (Å²) in [6.45, 7) is 10.00. The van der Waals surface area contributed by atoms with Crippen molar-refractivity contribution in [2.24, 2.45) is 17.8 Å².